The summed E-state index contributed by atoms with van der Waals surface area (Å²) in [7, 11) is 0. The van der Waals surface area contributed by atoms with Gasteiger partial charge >= 0.3 is 23.9 Å². The van der Waals surface area contributed by atoms with E-state index in [1.807, 2.05) is 0 Å². The number of unbranched alkanes of at least 4 members (excludes halogenated alkanes) is 9. The van der Waals surface area contributed by atoms with Gasteiger partial charge in [-0.2, -0.15) is 0 Å². The van der Waals surface area contributed by atoms with Crippen molar-refractivity contribution in [2.24, 2.45) is 0 Å². The summed E-state index contributed by atoms with van der Waals surface area (Å²) in [5.41, 5.74) is 0. The molecule has 0 bridgehead atoms. The highest BCUT2D eigenvalue weighted by molar-refractivity contribution is 8.00. The molecule has 2 unspecified atom stereocenters. The van der Waals surface area contributed by atoms with E-state index in [4.69, 9.17) is 18.9 Å². The largest absolute Gasteiger partial charge is 0.462 e. The third-order valence-electron chi connectivity index (χ3n) is 7.22. The molecule has 1 aliphatic rings. The zero-order chi connectivity index (χ0) is 33.9. The van der Waals surface area contributed by atoms with Gasteiger partial charge in [-0.05, 0) is 6.42 Å². The third-order valence-corrected chi connectivity index (χ3v) is 8.58. The fourth-order valence-electron chi connectivity index (χ4n) is 5.17. The molecule has 1 aliphatic heterocycles. The molecule has 13 nitrogen and oxygen atoms in total. The van der Waals surface area contributed by atoms with E-state index in [-0.39, 0.29) is 11.7 Å². The highest BCUT2D eigenvalue weighted by Gasteiger charge is 2.50. The lowest BCUT2D eigenvalue weighted by molar-refractivity contribution is -0.200. The summed E-state index contributed by atoms with van der Waals surface area (Å²) in [6.45, 7) is 7.64. The molecule has 1 heterocycles. The first-order valence-corrected chi connectivity index (χ1v) is 16.9. The molecular formula is C31H52N2O11S. The van der Waals surface area contributed by atoms with E-state index >= 15 is 0 Å². The molecule has 14 heteroatoms. The average Bonchev–Trinajstić information content (AvgIpc) is 3.41. The van der Waals surface area contributed by atoms with Crippen LogP contribution in [-0.4, -0.2) is 100 Å². The summed E-state index contributed by atoms with van der Waals surface area (Å²) >= 11 is 1.09. The number of carbonyl (C=O) groups is 6. The van der Waals surface area contributed by atoms with E-state index in [1.165, 1.54) is 50.3 Å². The monoisotopic (exact) mass is 660 g/mol. The van der Waals surface area contributed by atoms with Crippen LogP contribution in [0, 0.1) is 0 Å². The van der Waals surface area contributed by atoms with Gasteiger partial charge in [-0.1, -0.05) is 64.7 Å². The fourth-order valence-corrected chi connectivity index (χ4v) is 6.67. The molecule has 0 radical (unpaired) electrons. The average molecular weight is 661 g/mol. The maximum atomic E-state index is 13.1. The number of nitrogens with one attached hydrogen (secondary N) is 1. The normalized spacial score (nSPS) is 18.7. The zero-order valence-corrected chi connectivity index (χ0v) is 28.4. The Morgan fingerprint density at radius 3 is 1.76 bits per heavy atom. The minimum atomic E-state index is -1.71. The van der Waals surface area contributed by atoms with E-state index in [1.54, 1.807) is 0 Å². The molecule has 0 aliphatic carbocycles. The van der Waals surface area contributed by atoms with Gasteiger partial charge in [0.05, 0.1) is 0 Å². The number of nitrogens with zero attached hydrogens (tertiary/aromatic N) is 1. The summed E-state index contributed by atoms with van der Waals surface area (Å²) < 4.78 is 20.9. The van der Waals surface area contributed by atoms with Crippen LogP contribution < -0.4 is 5.32 Å². The number of hydrogen-bond acceptors (Lipinski definition) is 12. The highest BCUT2D eigenvalue weighted by atomic mass is 32.2. The lowest BCUT2D eigenvalue weighted by atomic mass is 10.0. The summed E-state index contributed by atoms with van der Waals surface area (Å²) in [6, 6.07) is -0.911. The number of aliphatic hydroxyl groups is 1. The molecule has 0 spiro atoms. The quantitative estimate of drug-likeness (QED) is 0.105. The van der Waals surface area contributed by atoms with Gasteiger partial charge in [-0.15, -0.1) is 11.8 Å². The Kier molecular flexibility index (Phi) is 19.4. The Hall–Kier alpha value is -2.87. The van der Waals surface area contributed by atoms with Crippen LogP contribution in [-0.2, 0) is 47.7 Å². The second kappa shape index (κ2) is 21.8. The molecular weight excluding hydrogens is 608 g/mol. The highest BCUT2D eigenvalue weighted by Crippen LogP contribution is 2.35. The van der Waals surface area contributed by atoms with Gasteiger partial charge in [-0.25, -0.2) is 0 Å². The van der Waals surface area contributed by atoms with Crippen molar-refractivity contribution < 1.29 is 52.8 Å². The topological polar surface area (TPSA) is 175 Å². The van der Waals surface area contributed by atoms with Crippen molar-refractivity contribution in [3.63, 3.8) is 0 Å². The van der Waals surface area contributed by atoms with Gasteiger partial charge in [0.15, 0.2) is 18.3 Å². The summed E-state index contributed by atoms with van der Waals surface area (Å²) in [5.74, 6) is -4.01. The minimum Gasteiger partial charge on any atom is -0.462 e. The van der Waals surface area contributed by atoms with Gasteiger partial charge < -0.3 is 34.3 Å². The number of ether oxygens (including phenoxy) is 4. The number of carbonyl (C=O) groups excluding carboxylic acids is 6. The number of aliphatic hydroxyl groups excluding tert-OH is 1. The Balaban J connectivity index is 2.97. The third kappa shape index (κ3) is 15.3. The lowest BCUT2D eigenvalue weighted by Crippen LogP contribution is -2.58. The number of hydrogen-bond donors (Lipinski definition) is 2. The Morgan fingerprint density at radius 2 is 1.27 bits per heavy atom. The van der Waals surface area contributed by atoms with Crippen LogP contribution in [0.4, 0.5) is 0 Å². The Bertz CT molecular complexity index is 979. The molecule has 2 amide bonds. The first kappa shape index (κ1) is 40.2. The summed E-state index contributed by atoms with van der Waals surface area (Å²) in [4.78, 5) is 74.7. The molecule has 1 saturated heterocycles. The van der Waals surface area contributed by atoms with E-state index < -0.39 is 72.2 Å². The first-order chi connectivity index (χ1) is 21.3. The van der Waals surface area contributed by atoms with Gasteiger partial charge in [0.1, 0.15) is 24.1 Å². The van der Waals surface area contributed by atoms with Crippen molar-refractivity contribution in [1.82, 2.24) is 10.2 Å². The van der Waals surface area contributed by atoms with Gasteiger partial charge in [0.2, 0.25) is 11.8 Å². The van der Waals surface area contributed by atoms with Crippen molar-refractivity contribution in [2.45, 2.75) is 142 Å². The molecule has 0 saturated carbocycles. The van der Waals surface area contributed by atoms with E-state index in [9.17, 15) is 33.9 Å². The van der Waals surface area contributed by atoms with E-state index in [0.29, 0.717) is 6.54 Å². The second-order valence-electron chi connectivity index (χ2n) is 11.2. The van der Waals surface area contributed by atoms with Crippen LogP contribution >= 0.6 is 11.8 Å². The smallest absolute Gasteiger partial charge is 0.303 e. The zero-order valence-electron chi connectivity index (χ0n) is 27.5. The van der Waals surface area contributed by atoms with Crippen LogP contribution in [0.2, 0.25) is 0 Å². The van der Waals surface area contributed by atoms with Crippen LogP contribution in [0.25, 0.3) is 0 Å². The Morgan fingerprint density at radius 1 is 0.756 bits per heavy atom. The maximum Gasteiger partial charge on any atom is 0.303 e. The lowest BCUT2D eigenvalue weighted by Gasteiger charge is -2.38. The fraction of sp³-hybridized carbons (Fsp3) is 0.806. The van der Waals surface area contributed by atoms with Crippen LogP contribution in [0.15, 0.2) is 0 Å². The second-order valence-corrected chi connectivity index (χ2v) is 12.4. The predicted octanol–water partition coefficient (Wildman–Crippen LogP) is 3.03. The van der Waals surface area contributed by atoms with Crippen molar-refractivity contribution in [1.29, 1.82) is 0 Å². The van der Waals surface area contributed by atoms with Crippen molar-refractivity contribution in [3.8, 4) is 0 Å². The van der Waals surface area contributed by atoms with Crippen molar-refractivity contribution >= 4 is 47.5 Å². The van der Waals surface area contributed by atoms with Gasteiger partial charge in [0, 0.05) is 46.9 Å². The van der Waals surface area contributed by atoms with E-state index in [0.717, 1.165) is 65.1 Å². The molecule has 0 aromatic heterocycles. The van der Waals surface area contributed by atoms with Crippen LogP contribution in [0.1, 0.15) is 106 Å². The molecule has 258 valence electrons. The molecule has 2 N–H and O–H groups in total. The molecule has 6 atom stereocenters. The number of thioether (sulfide) groups is 1. The standard InChI is InChI=1S/C31H52N2O11S/c1-7-8-9-10-11-12-13-14-15-16-17-32-30(40)25-19-45-31(33(25)20(2)34)27(39)29(44-24(6)38)28(43-23(5)37)26(42-22(4)36)18-41-21(3)35/h25-29,31,39H,7-19H2,1-6H3,(H,32,40)/t25?,26-,27-,28+,29-,31?/m1/s1. The first-order valence-electron chi connectivity index (χ1n) is 15.8. The van der Waals surface area contributed by atoms with E-state index in [2.05, 4.69) is 12.2 Å². The molecule has 45 heavy (non-hydrogen) atoms. The number of amides is 2. The Labute approximate surface area is 270 Å². The van der Waals surface area contributed by atoms with Gasteiger partial charge in [0.25, 0.3) is 0 Å². The molecule has 0 aromatic rings. The molecule has 0 aromatic carbocycles. The predicted molar refractivity (Wildman–Crippen MR) is 167 cm³/mol. The van der Waals surface area contributed by atoms with Crippen LogP contribution in [0.3, 0.4) is 0 Å². The van der Waals surface area contributed by atoms with Crippen LogP contribution in [0.5, 0.6) is 0 Å². The minimum absolute atomic E-state index is 0.150. The maximum absolute atomic E-state index is 13.1. The number of rotatable bonds is 21. The summed E-state index contributed by atoms with van der Waals surface area (Å²) in [5, 5.41) is 13.3. The van der Waals surface area contributed by atoms with Gasteiger partial charge in [-0.3, -0.25) is 28.8 Å². The van der Waals surface area contributed by atoms with Crippen molar-refractivity contribution in [3.05, 3.63) is 0 Å². The van der Waals surface area contributed by atoms with Crippen molar-refractivity contribution in [2.75, 3.05) is 18.9 Å². The number of esters is 4. The molecule has 1 fully saturated rings. The summed E-state index contributed by atoms with van der Waals surface area (Å²) in [6.07, 6.45) is 5.11. The molecule has 1 rings (SSSR count). The SMILES string of the molecule is CCCCCCCCCCCCNC(=O)C1CSC([C@H](O)[C@@H](OC(C)=O)[C@@H](OC(C)=O)[C@@H](COC(C)=O)OC(C)=O)N1C(C)=O.